The van der Waals surface area contributed by atoms with Gasteiger partial charge in [-0.25, -0.2) is 4.39 Å². The summed E-state index contributed by atoms with van der Waals surface area (Å²) in [6.45, 7) is 2.00. The Labute approximate surface area is 113 Å². The first-order valence-electron chi connectivity index (χ1n) is 5.79. The van der Waals surface area contributed by atoms with Crippen molar-refractivity contribution in [3.05, 3.63) is 34.6 Å². The molecule has 2 rings (SSSR count). The fourth-order valence-electron chi connectivity index (χ4n) is 1.59. The van der Waals surface area contributed by atoms with Crippen molar-refractivity contribution in [3.63, 3.8) is 0 Å². The molecule has 0 aliphatic heterocycles. The number of nitrogens with two attached hydrogens (primary N) is 1. The molecule has 0 bridgehead atoms. The number of hydrogen-bond donors (Lipinski definition) is 2. The highest BCUT2D eigenvalue weighted by molar-refractivity contribution is 7.08. The lowest BCUT2D eigenvalue weighted by Crippen LogP contribution is -2.12. The fraction of sp³-hybridized carbons (Fsp3) is 0.250. The first kappa shape index (κ1) is 13.4. The van der Waals surface area contributed by atoms with Crippen LogP contribution in [0.2, 0.25) is 0 Å². The van der Waals surface area contributed by atoms with E-state index in [0.29, 0.717) is 22.7 Å². The Balaban J connectivity index is 2.16. The molecule has 100 valence electrons. The standard InChI is InChI=1S/C12H13FN4OS/c1-2-3-10-11(19-17-16-10)12(18)15-7-4-5-8(13)9(14)6-7/h4-6H,2-3,14H2,1H3,(H,15,18). The van der Waals surface area contributed by atoms with Gasteiger partial charge >= 0.3 is 0 Å². The number of halogens is 1. The van der Waals surface area contributed by atoms with E-state index in [2.05, 4.69) is 14.9 Å². The number of aromatic nitrogens is 2. The number of nitrogens with zero attached hydrogens (tertiary/aromatic N) is 2. The zero-order valence-electron chi connectivity index (χ0n) is 10.3. The highest BCUT2D eigenvalue weighted by Crippen LogP contribution is 2.19. The van der Waals surface area contributed by atoms with Gasteiger partial charge in [0.25, 0.3) is 5.91 Å². The van der Waals surface area contributed by atoms with Gasteiger partial charge in [-0.2, -0.15) is 0 Å². The van der Waals surface area contributed by atoms with Gasteiger partial charge in [0, 0.05) is 5.69 Å². The van der Waals surface area contributed by atoms with Crippen LogP contribution in [-0.2, 0) is 6.42 Å². The smallest absolute Gasteiger partial charge is 0.269 e. The summed E-state index contributed by atoms with van der Waals surface area (Å²) in [4.78, 5) is 12.5. The van der Waals surface area contributed by atoms with E-state index in [1.807, 2.05) is 6.92 Å². The van der Waals surface area contributed by atoms with Crippen molar-refractivity contribution >= 4 is 28.8 Å². The van der Waals surface area contributed by atoms with E-state index in [1.165, 1.54) is 18.2 Å². The molecule has 0 saturated heterocycles. The van der Waals surface area contributed by atoms with Gasteiger partial charge in [0.1, 0.15) is 10.7 Å². The molecule has 3 N–H and O–H groups in total. The third kappa shape index (κ3) is 3.05. The normalized spacial score (nSPS) is 10.4. The van der Waals surface area contributed by atoms with Crippen LogP contribution >= 0.6 is 11.5 Å². The van der Waals surface area contributed by atoms with Gasteiger partial charge < -0.3 is 11.1 Å². The first-order valence-corrected chi connectivity index (χ1v) is 6.56. The van der Waals surface area contributed by atoms with E-state index >= 15 is 0 Å². The molecule has 0 saturated carbocycles. The second-order valence-corrected chi connectivity index (χ2v) is 4.74. The van der Waals surface area contributed by atoms with Crippen LogP contribution < -0.4 is 11.1 Å². The molecule has 1 aromatic heterocycles. The molecule has 7 heteroatoms. The minimum Gasteiger partial charge on any atom is -0.396 e. The van der Waals surface area contributed by atoms with Crippen LogP contribution in [0.1, 0.15) is 28.7 Å². The van der Waals surface area contributed by atoms with E-state index in [1.54, 1.807) is 0 Å². The van der Waals surface area contributed by atoms with Crippen LogP contribution in [0.15, 0.2) is 18.2 Å². The SMILES string of the molecule is CCCc1nnsc1C(=O)Nc1ccc(F)c(N)c1. The summed E-state index contributed by atoms with van der Waals surface area (Å²) in [6, 6.07) is 4.04. The van der Waals surface area contributed by atoms with Crippen LogP contribution in [0.5, 0.6) is 0 Å². The molecule has 0 aliphatic carbocycles. The number of aryl methyl sites for hydroxylation is 1. The molecule has 0 atom stereocenters. The van der Waals surface area contributed by atoms with Crippen molar-refractivity contribution in [3.8, 4) is 0 Å². The molecule has 1 aromatic carbocycles. The number of benzene rings is 1. The molecule has 1 heterocycles. The molecule has 19 heavy (non-hydrogen) atoms. The lowest BCUT2D eigenvalue weighted by atomic mass is 10.2. The predicted molar refractivity (Wildman–Crippen MR) is 72.7 cm³/mol. The Kier molecular flexibility index (Phi) is 4.06. The van der Waals surface area contributed by atoms with Crippen LogP contribution in [0.25, 0.3) is 0 Å². The number of rotatable bonds is 4. The van der Waals surface area contributed by atoms with Crippen molar-refractivity contribution in [1.82, 2.24) is 9.59 Å². The highest BCUT2D eigenvalue weighted by atomic mass is 32.1. The maximum absolute atomic E-state index is 13.0. The molecule has 2 aromatic rings. The fourth-order valence-corrected chi connectivity index (χ4v) is 2.19. The largest absolute Gasteiger partial charge is 0.396 e. The van der Waals surface area contributed by atoms with Gasteiger partial charge in [-0.1, -0.05) is 17.8 Å². The number of nitrogen functional groups attached to an aromatic ring is 1. The maximum atomic E-state index is 13.0. The van der Waals surface area contributed by atoms with Crippen molar-refractivity contribution in [2.45, 2.75) is 19.8 Å². The van der Waals surface area contributed by atoms with E-state index in [-0.39, 0.29) is 11.6 Å². The van der Waals surface area contributed by atoms with E-state index in [4.69, 9.17) is 5.73 Å². The lowest BCUT2D eigenvalue weighted by Gasteiger charge is -2.05. The molecule has 0 unspecified atom stereocenters. The van der Waals surface area contributed by atoms with Gasteiger partial charge in [-0.15, -0.1) is 5.10 Å². The zero-order valence-corrected chi connectivity index (χ0v) is 11.1. The summed E-state index contributed by atoms with van der Waals surface area (Å²) in [5.74, 6) is -0.811. The Hall–Kier alpha value is -2.02. The van der Waals surface area contributed by atoms with Crippen LogP contribution in [0.4, 0.5) is 15.8 Å². The number of amides is 1. The molecular weight excluding hydrogens is 267 g/mol. The Morgan fingerprint density at radius 3 is 3.00 bits per heavy atom. The van der Waals surface area contributed by atoms with Crippen LogP contribution in [-0.4, -0.2) is 15.5 Å². The van der Waals surface area contributed by atoms with Gasteiger partial charge in [0.2, 0.25) is 0 Å². The van der Waals surface area contributed by atoms with Gasteiger partial charge in [-0.05, 0) is 36.2 Å². The third-order valence-corrected chi connectivity index (χ3v) is 3.27. The van der Waals surface area contributed by atoms with Crippen LogP contribution in [0.3, 0.4) is 0 Å². The summed E-state index contributed by atoms with van der Waals surface area (Å²) in [7, 11) is 0. The lowest BCUT2D eigenvalue weighted by molar-refractivity contribution is 0.102. The summed E-state index contributed by atoms with van der Waals surface area (Å²) >= 11 is 1.05. The second-order valence-electron chi connectivity index (χ2n) is 3.99. The van der Waals surface area contributed by atoms with E-state index < -0.39 is 5.82 Å². The average Bonchev–Trinajstić information content (AvgIpc) is 2.83. The molecule has 5 nitrogen and oxygen atoms in total. The summed E-state index contributed by atoms with van der Waals surface area (Å²) in [5, 5.41) is 6.58. The number of hydrogen-bond acceptors (Lipinski definition) is 5. The Bertz CT molecular complexity index is 599. The quantitative estimate of drug-likeness (QED) is 0.843. The third-order valence-electron chi connectivity index (χ3n) is 2.50. The highest BCUT2D eigenvalue weighted by Gasteiger charge is 2.16. The number of nitrogens with one attached hydrogen (secondary N) is 1. The average molecular weight is 280 g/mol. The van der Waals surface area contributed by atoms with Crippen molar-refractivity contribution < 1.29 is 9.18 Å². The minimum atomic E-state index is -0.510. The topological polar surface area (TPSA) is 80.9 Å². The van der Waals surface area contributed by atoms with Crippen molar-refractivity contribution in [2.75, 3.05) is 11.1 Å². The van der Waals surface area contributed by atoms with E-state index in [9.17, 15) is 9.18 Å². The Morgan fingerprint density at radius 2 is 2.32 bits per heavy atom. The van der Waals surface area contributed by atoms with Crippen LogP contribution in [0, 0.1) is 5.82 Å². The molecular formula is C12H13FN4OS. The second kappa shape index (κ2) is 5.75. The van der Waals surface area contributed by atoms with Gasteiger partial charge in [-0.3, -0.25) is 4.79 Å². The van der Waals surface area contributed by atoms with Gasteiger partial charge in [0.05, 0.1) is 11.4 Å². The first-order chi connectivity index (χ1) is 9.11. The zero-order chi connectivity index (χ0) is 13.8. The summed E-state index contributed by atoms with van der Waals surface area (Å²) in [5.41, 5.74) is 6.56. The Morgan fingerprint density at radius 1 is 1.53 bits per heavy atom. The van der Waals surface area contributed by atoms with E-state index in [0.717, 1.165) is 18.0 Å². The minimum absolute atomic E-state index is 0.00555. The molecule has 0 radical (unpaired) electrons. The molecule has 0 fully saturated rings. The number of carbonyl (C=O) groups is 1. The monoisotopic (exact) mass is 280 g/mol. The molecule has 0 aliphatic rings. The van der Waals surface area contributed by atoms with Crippen molar-refractivity contribution in [1.29, 1.82) is 0 Å². The maximum Gasteiger partial charge on any atom is 0.269 e. The summed E-state index contributed by atoms with van der Waals surface area (Å²) in [6.07, 6.45) is 1.58. The number of anilines is 2. The molecule has 1 amide bonds. The molecule has 0 spiro atoms. The van der Waals surface area contributed by atoms with Gasteiger partial charge in [0.15, 0.2) is 0 Å². The van der Waals surface area contributed by atoms with Crippen molar-refractivity contribution in [2.24, 2.45) is 0 Å². The number of carbonyl (C=O) groups excluding carboxylic acids is 1. The predicted octanol–water partition coefficient (Wildman–Crippen LogP) is 2.46. The summed E-state index contributed by atoms with van der Waals surface area (Å²) < 4.78 is 16.8.